The lowest BCUT2D eigenvalue weighted by Gasteiger charge is -2.39. The van der Waals surface area contributed by atoms with Crippen LogP contribution in [0.4, 0.5) is 0 Å². The minimum absolute atomic E-state index is 0.260. The van der Waals surface area contributed by atoms with E-state index in [-0.39, 0.29) is 5.54 Å². The lowest BCUT2D eigenvalue weighted by Crippen LogP contribution is -2.50. The second kappa shape index (κ2) is 5.68. The molecule has 0 aromatic carbocycles. The van der Waals surface area contributed by atoms with Crippen LogP contribution in [-0.4, -0.2) is 49.3 Å². The minimum Gasteiger partial charge on any atom is -0.381 e. The first-order valence-electron chi connectivity index (χ1n) is 7.15. The molecule has 0 aromatic rings. The maximum atomic E-state index is 5.47. The van der Waals surface area contributed by atoms with E-state index in [1.54, 1.807) is 0 Å². The van der Waals surface area contributed by atoms with Gasteiger partial charge in [0.15, 0.2) is 0 Å². The fraction of sp³-hybridized carbons (Fsp3) is 1.00. The number of hydrogen-bond acceptors (Lipinski definition) is 3. The van der Waals surface area contributed by atoms with Gasteiger partial charge >= 0.3 is 0 Å². The average molecular weight is 240 g/mol. The number of hydrogen-bond donors (Lipinski definition) is 1. The molecular formula is C14H28N2O. The third-order valence-electron chi connectivity index (χ3n) is 4.35. The van der Waals surface area contributed by atoms with Gasteiger partial charge in [0.2, 0.25) is 0 Å². The summed E-state index contributed by atoms with van der Waals surface area (Å²) in [5.74, 6) is 0.831. The minimum atomic E-state index is 0.260. The van der Waals surface area contributed by atoms with Crippen LogP contribution in [0.1, 0.15) is 40.0 Å². The molecule has 100 valence electrons. The van der Waals surface area contributed by atoms with E-state index >= 15 is 0 Å². The summed E-state index contributed by atoms with van der Waals surface area (Å²) in [6.07, 6.45) is 3.76. The van der Waals surface area contributed by atoms with E-state index < -0.39 is 0 Å². The highest BCUT2D eigenvalue weighted by Gasteiger charge is 2.30. The molecule has 3 nitrogen and oxygen atoms in total. The van der Waals surface area contributed by atoms with E-state index in [0.29, 0.717) is 6.04 Å². The Morgan fingerprint density at radius 3 is 2.71 bits per heavy atom. The molecular weight excluding hydrogens is 212 g/mol. The van der Waals surface area contributed by atoms with Crippen molar-refractivity contribution >= 4 is 0 Å². The highest BCUT2D eigenvalue weighted by atomic mass is 16.5. The van der Waals surface area contributed by atoms with Gasteiger partial charge in [0.25, 0.3) is 0 Å². The zero-order valence-electron chi connectivity index (χ0n) is 11.7. The normalized spacial score (nSPS) is 29.8. The van der Waals surface area contributed by atoms with Crippen LogP contribution < -0.4 is 5.32 Å². The summed E-state index contributed by atoms with van der Waals surface area (Å²) in [4.78, 5) is 2.69. The van der Waals surface area contributed by atoms with Gasteiger partial charge in [0.05, 0.1) is 0 Å². The molecule has 0 radical (unpaired) electrons. The fourth-order valence-corrected chi connectivity index (χ4v) is 3.20. The Bertz CT molecular complexity index is 236. The molecule has 0 bridgehead atoms. The molecule has 0 spiro atoms. The summed E-state index contributed by atoms with van der Waals surface area (Å²) in [6, 6.07) is 0.707. The van der Waals surface area contributed by atoms with Crippen molar-refractivity contribution in [2.45, 2.75) is 51.6 Å². The van der Waals surface area contributed by atoms with Crippen molar-refractivity contribution in [3.8, 4) is 0 Å². The predicted molar refractivity (Wildman–Crippen MR) is 71.3 cm³/mol. The van der Waals surface area contributed by atoms with Gasteiger partial charge in [-0.1, -0.05) is 0 Å². The smallest absolute Gasteiger partial charge is 0.0469 e. The van der Waals surface area contributed by atoms with Gasteiger partial charge in [-0.15, -0.1) is 0 Å². The zero-order chi connectivity index (χ0) is 12.3. The zero-order valence-corrected chi connectivity index (χ0v) is 11.7. The summed E-state index contributed by atoms with van der Waals surface area (Å²) in [7, 11) is 0. The van der Waals surface area contributed by atoms with Crippen LogP contribution in [0.2, 0.25) is 0 Å². The van der Waals surface area contributed by atoms with E-state index in [4.69, 9.17) is 4.74 Å². The SMILES string of the molecule is CC(C1CCOCC1)N1CCCNC(C)(C)C1. The first-order chi connectivity index (χ1) is 8.08. The number of nitrogens with one attached hydrogen (secondary N) is 1. The topological polar surface area (TPSA) is 24.5 Å². The third kappa shape index (κ3) is 3.67. The first kappa shape index (κ1) is 13.3. The standard InChI is InChI=1S/C14H28N2O/c1-12(13-5-9-17-10-6-13)16-8-4-7-15-14(2,3)11-16/h12-13,15H,4-11H2,1-3H3. The van der Waals surface area contributed by atoms with Crippen molar-refractivity contribution in [2.24, 2.45) is 5.92 Å². The molecule has 0 saturated carbocycles. The van der Waals surface area contributed by atoms with Gasteiger partial charge in [0, 0.05) is 31.3 Å². The Morgan fingerprint density at radius 2 is 2.00 bits per heavy atom. The molecule has 2 aliphatic heterocycles. The summed E-state index contributed by atoms with van der Waals surface area (Å²) < 4.78 is 5.47. The molecule has 17 heavy (non-hydrogen) atoms. The molecule has 0 aliphatic carbocycles. The average Bonchev–Trinajstić information content (AvgIpc) is 2.50. The van der Waals surface area contributed by atoms with E-state index in [0.717, 1.165) is 25.7 Å². The summed E-state index contributed by atoms with van der Waals surface area (Å²) >= 11 is 0. The Morgan fingerprint density at radius 1 is 1.29 bits per heavy atom. The number of ether oxygens (including phenoxy) is 1. The maximum Gasteiger partial charge on any atom is 0.0469 e. The van der Waals surface area contributed by atoms with Gasteiger partial charge in [0.1, 0.15) is 0 Å². The molecule has 2 fully saturated rings. The van der Waals surface area contributed by atoms with E-state index in [1.165, 1.54) is 32.4 Å². The van der Waals surface area contributed by atoms with Crippen LogP contribution in [0.3, 0.4) is 0 Å². The quantitative estimate of drug-likeness (QED) is 0.797. The largest absolute Gasteiger partial charge is 0.381 e. The van der Waals surface area contributed by atoms with Crippen LogP contribution in [0.25, 0.3) is 0 Å². The van der Waals surface area contributed by atoms with Crippen molar-refractivity contribution in [3.63, 3.8) is 0 Å². The molecule has 2 heterocycles. The summed E-state index contributed by atoms with van der Waals surface area (Å²) in [5, 5.41) is 3.64. The predicted octanol–water partition coefficient (Wildman–Crippen LogP) is 1.88. The maximum absolute atomic E-state index is 5.47. The summed E-state index contributed by atoms with van der Waals surface area (Å²) in [5.41, 5.74) is 0.260. The van der Waals surface area contributed by atoms with Crippen molar-refractivity contribution in [1.82, 2.24) is 10.2 Å². The highest BCUT2D eigenvalue weighted by Crippen LogP contribution is 2.24. The molecule has 1 unspecified atom stereocenters. The fourth-order valence-electron chi connectivity index (χ4n) is 3.20. The molecule has 2 aliphatic rings. The van der Waals surface area contributed by atoms with Crippen molar-refractivity contribution < 1.29 is 4.74 Å². The molecule has 2 rings (SSSR count). The number of nitrogens with zero attached hydrogens (tertiary/aromatic N) is 1. The van der Waals surface area contributed by atoms with Crippen LogP contribution in [0, 0.1) is 5.92 Å². The lowest BCUT2D eigenvalue weighted by atomic mass is 9.91. The van der Waals surface area contributed by atoms with Crippen LogP contribution in [-0.2, 0) is 4.74 Å². The monoisotopic (exact) mass is 240 g/mol. The Kier molecular flexibility index (Phi) is 4.45. The molecule has 0 aromatic heterocycles. The second-order valence-electron chi connectivity index (χ2n) is 6.33. The van der Waals surface area contributed by atoms with Gasteiger partial charge in [-0.3, -0.25) is 4.90 Å². The Hall–Kier alpha value is -0.120. The number of rotatable bonds is 2. The molecule has 3 heteroatoms. The van der Waals surface area contributed by atoms with Crippen LogP contribution in [0.5, 0.6) is 0 Å². The van der Waals surface area contributed by atoms with E-state index in [2.05, 4.69) is 31.0 Å². The lowest BCUT2D eigenvalue weighted by molar-refractivity contribution is 0.0271. The Labute approximate surface area is 106 Å². The first-order valence-corrected chi connectivity index (χ1v) is 7.15. The third-order valence-corrected chi connectivity index (χ3v) is 4.35. The molecule has 0 amide bonds. The van der Waals surface area contributed by atoms with E-state index in [1.807, 2.05) is 0 Å². The van der Waals surface area contributed by atoms with Gasteiger partial charge in [-0.2, -0.15) is 0 Å². The Balaban J connectivity index is 1.94. The van der Waals surface area contributed by atoms with Crippen molar-refractivity contribution in [2.75, 3.05) is 32.8 Å². The van der Waals surface area contributed by atoms with Crippen LogP contribution >= 0.6 is 0 Å². The molecule has 1 N–H and O–H groups in total. The van der Waals surface area contributed by atoms with Crippen molar-refractivity contribution in [3.05, 3.63) is 0 Å². The van der Waals surface area contributed by atoms with Crippen molar-refractivity contribution in [1.29, 1.82) is 0 Å². The van der Waals surface area contributed by atoms with Crippen LogP contribution in [0.15, 0.2) is 0 Å². The highest BCUT2D eigenvalue weighted by molar-refractivity contribution is 4.88. The molecule has 1 atom stereocenters. The second-order valence-corrected chi connectivity index (χ2v) is 6.33. The van der Waals surface area contributed by atoms with E-state index in [9.17, 15) is 0 Å². The van der Waals surface area contributed by atoms with Gasteiger partial charge in [-0.05, 0) is 59.0 Å². The van der Waals surface area contributed by atoms with Gasteiger partial charge in [-0.25, -0.2) is 0 Å². The van der Waals surface area contributed by atoms with Gasteiger partial charge < -0.3 is 10.1 Å². The molecule has 2 saturated heterocycles. The summed E-state index contributed by atoms with van der Waals surface area (Å²) in [6.45, 7) is 12.6.